The van der Waals surface area contributed by atoms with Gasteiger partial charge in [0.15, 0.2) is 0 Å². The average Bonchev–Trinajstić information content (AvgIpc) is 3.24. The topological polar surface area (TPSA) is 54.0 Å². The molecule has 2 unspecified atom stereocenters. The van der Waals surface area contributed by atoms with Crippen LogP contribution in [0.1, 0.15) is 36.7 Å². The third kappa shape index (κ3) is 2.84. The van der Waals surface area contributed by atoms with Gasteiger partial charge in [0.1, 0.15) is 11.5 Å². The lowest BCUT2D eigenvalue weighted by Gasteiger charge is -2.09. The summed E-state index contributed by atoms with van der Waals surface area (Å²) in [6.45, 7) is 2.18. The van der Waals surface area contributed by atoms with Crippen molar-refractivity contribution in [3.8, 4) is 0 Å². The Hall–Kier alpha value is -2.10. The van der Waals surface area contributed by atoms with Crippen LogP contribution in [0.25, 0.3) is 10.8 Å². The second-order valence-electron chi connectivity index (χ2n) is 5.69. The first-order valence-corrected chi connectivity index (χ1v) is 7.61. The highest BCUT2D eigenvalue weighted by molar-refractivity contribution is 6.00. The summed E-state index contributed by atoms with van der Waals surface area (Å²) in [6, 6.07) is 10.2. The SMILES string of the molecule is CCCC1CC1NC(=O)c1cc2ccccc2c(NC)n1. The highest BCUT2D eigenvalue weighted by atomic mass is 16.2. The van der Waals surface area contributed by atoms with E-state index in [4.69, 9.17) is 0 Å². The zero-order chi connectivity index (χ0) is 14.8. The summed E-state index contributed by atoms with van der Waals surface area (Å²) in [4.78, 5) is 16.8. The van der Waals surface area contributed by atoms with E-state index < -0.39 is 0 Å². The van der Waals surface area contributed by atoms with E-state index in [-0.39, 0.29) is 5.91 Å². The summed E-state index contributed by atoms with van der Waals surface area (Å²) in [7, 11) is 1.83. The van der Waals surface area contributed by atoms with Crippen molar-refractivity contribution in [2.24, 2.45) is 5.92 Å². The summed E-state index contributed by atoms with van der Waals surface area (Å²) in [5, 5.41) is 8.23. The highest BCUT2D eigenvalue weighted by Crippen LogP contribution is 2.34. The molecule has 2 aromatic rings. The molecular weight excluding hydrogens is 262 g/mol. The van der Waals surface area contributed by atoms with E-state index in [1.807, 2.05) is 37.4 Å². The van der Waals surface area contributed by atoms with Gasteiger partial charge >= 0.3 is 0 Å². The molecule has 0 aliphatic heterocycles. The molecule has 4 heteroatoms. The molecular formula is C17H21N3O. The monoisotopic (exact) mass is 283 g/mol. The van der Waals surface area contributed by atoms with Crippen LogP contribution in [-0.4, -0.2) is 24.0 Å². The number of amides is 1. The molecule has 1 fully saturated rings. The smallest absolute Gasteiger partial charge is 0.270 e. The average molecular weight is 283 g/mol. The molecule has 1 aromatic heterocycles. The number of fused-ring (bicyclic) bond motifs is 1. The van der Waals surface area contributed by atoms with Crippen molar-refractivity contribution in [1.82, 2.24) is 10.3 Å². The number of nitrogens with zero attached hydrogens (tertiary/aromatic N) is 1. The van der Waals surface area contributed by atoms with Gasteiger partial charge in [-0.1, -0.05) is 37.6 Å². The highest BCUT2D eigenvalue weighted by Gasteiger charge is 2.37. The quantitative estimate of drug-likeness (QED) is 0.886. The Morgan fingerprint density at radius 3 is 2.95 bits per heavy atom. The summed E-state index contributed by atoms with van der Waals surface area (Å²) in [5.74, 6) is 1.34. The molecule has 0 saturated heterocycles. The van der Waals surface area contributed by atoms with Crippen LogP contribution in [0.2, 0.25) is 0 Å². The predicted octanol–water partition coefficient (Wildman–Crippen LogP) is 3.19. The Morgan fingerprint density at radius 1 is 1.38 bits per heavy atom. The van der Waals surface area contributed by atoms with Gasteiger partial charge in [-0.2, -0.15) is 0 Å². The maximum absolute atomic E-state index is 12.4. The van der Waals surface area contributed by atoms with Crippen LogP contribution in [0.15, 0.2) is 30.3 Å². The van der Waals surface area contributed by atoms with E-state index in [1.54, 1.807) is 0 Å². The van der Waals surface area contributed by atoms with E-state index in [2.05, 4.69) is 22.5 Å². The van der Waals surface area contributed by atoms with E-state index in [1.165, 1.54) is 12.8 Å². The van der Waals surface area contributed by atoms with Crippen LogP contribution in [0, 0.1) is 5.92 Å². The summed E-state index contributed by atoms with van der Waals surface area (Å²) in [5.41, 5.74) is 0.486. The number of benzene rings is 1. The van der Waals surface area contributed by atoms with Crippen molar-refractivity contribution in [2.75, 3.05) is 12.4 Å². The normalized spacial score (nSPS) is 20.3. The van der Waals surface area contributed by atoms with Gasteiger partial charge < -0.3 is 10.6 Å². The molecule has 3 rings (SSSR count). The van der Waals surface area contributed by atoms with Crippen LogP contribution in [0.5, 0.6) is 0 Å². The fraction of sp³-hybridized carbons (Fsp3) is 0.412. The van der Waals surface area contributed by atoms with Gasteiger partial charge in [0, 0.05) is 18.5 Å². The Kier molecular flexibility index (Phi) is 3.78. The minimum absolute atomic E-state index is 0.0687. The first-order valence-electron chi connectivity index (χ1n) is 7.61. The molecule has 21 heavy (non-hydrogen) atoms. The summed E-state index contributed by atoms with van der Waals surface area (Å²) >= 11 is 0. The molecule has 0 spiro atoms. The molecule has 1 aliphatic carbocycles. The van der Waals surface area contributed by atoms with Crippen molar-refractivity contribution < 1.29 is 4.79 Å². The lowest BCUT2D eigenvalue weighted by Crippen LogP contribution is -2.27. The predicted molar refractivity (Wildman–Crippen MR) is 85.6 cm³/mol. The second-order valence-corrected chi connectivity index (χ2v) is 5.69. The molecule has 2 atom stereocenters. The third-order valence-electron chi connectivity index (χ3n) is 4.11. The lowest BCUT2D eigenvalue weighted by atomic mass is 10.1. The van der Waals surface area contributed by atoms with Gasteiger partial charge in [0.05, 0.1) is 0 Å². The van der Waals surface area contributed by atoms with E-state index in [0.717, 1.165) is 23.0 Å². The Labute approximate surface area is 125 Å². The molecule has 1 aliphatic rings. The van der Waals surface area contributed by atoms with Gasteiger partial charge in [-0.25, -0.2) is 4.98 Å². The minimum Gasteiger partial charge on any atom is -0.373 e. The first kappa shape index (κ1) is 13.9. The number of pyridine rings is 1. The van der Waals surface area contributed by atoms with Crippen molar-refractivity contribution in [2.45, 2.75) is 32.2 Å². The largest absolute Gasteiger partial charge is 0.373 e. The number of hydrogen-bond donors (Lipinski definition) is 2. The number of carbonyl (C=O) groups excluding carboxylic acids is 1. The van der Waals surface area contributed by atoms with Crippen LogP contribution >= 0.6 is 0 Å². The molecule has 110 valence electrons. The molecule has 0 radical (unpaired) electrons. The zero-order valence-corrected chi connectivity index (χ0v) is 12.5. The fourth-order valence-corrected chi connectivity index (χ4v) is 2.86. The summed E-state index contributed by atoms with van der Waals surface area (Å²) in [6.07, 6.45) is 3.47. The molecule has 4 nitrogen and oxygen atoms in total. The first-order chi connectivity index (χ1) is 10.2. The van der Waals surface area contributed by atoms with Crippen molar-refractivity contribution in [3.63, 3.8) is 0 Å². The fourth-order valence-electron chi connectivity index (χ4n) is 2.86. The van der Waals surface area contributed by atoms with Gasteiger partial charge in [0.25, 0.3) is 5.91 Å². The van der Waals surface area contributed by atoms with Crippen molar-refractivity contribution in [3.05, 3.63) is 36.0 Å². The standard InChI is InChI=1S/C17H21N3O/c1-3-6-12-10-14(12)20-17(21)15-9-11-7-4-5-8-13(11)16(18-2)19-15/h4-5,7-9,12,14H,3,6,10H2,1-2H3,(H,18,19)(H,20,21). The van der Waals surface area contributed by atoms with Crippen LogP contribution < -0.4 is 10.6 Å². The maximum Gasteiger partial charge on any atom is 0.270 e. The number of rotatable bonds is 5. The van der Waals surface area contributed by atoms with Crippen LogP contribution in [0.4, 0.5) is 5.82 Å². The van der Waals surface area contributed by atoms with Gasteiger partial charge in [-0.3, -0.25) is 4.79 Å². The third-order valence-corrected chi connectivity index (χ3v) is 4.11. The number of hydrogen-bond acceptors (Lipinski definition) is 3. The number of anilines is 1. The number of aromatic nitrogens is 1. The van der Waals surface area contributed by atoms with Crippen molar-refractivity contribution >= 4 is 22.5 Å². The molecule has 1 heterocycles. The van der Waals surface area contributed by atoms with Crippen LogP contribution in [-0.2, 0) is 0 Å². The Morgan fingerprint density at radius 2 is 2.19 bits per heavy atom. The second kappa shape index (κ2) is 5.72. The maximum atomic E-state index is 12.4. The molecule has 1 amide bonds. The molecule has 1 saturated carbocycles. The van der Waals surface area contributed by atoms with Gasteiger partial charge in [-0.15, -0.1) is 0 Å². The van der Waals surface area contributed by atoms with E-state index in [9.17, 15) is 4.79 Å². The summed E-state index contributed by atoms with van der Waals surface area (Å²) < 4.78 is 0. The lowest BCUT2D eigenvalue weighted by molar-refractivity contribution is 0.0944. The number of nitrogens with one attached hydrogen (secondary N) is 2. The van der Waals surface area contributed by atoms with Crippen molar-refractivity contribution in [1.29, 1.82) is 0 Å². The van der Waals surface area contributed by atoms with E-state index in [0.29, 0.717) is 17.7 Å². The van der Waals surface area contributed by atoms with Gasteiger partial charge in [0.2, 0.25) is 0 Å². The molecule has 2 N–H and O–H groups in total. The zero-order valence-electron chi connectivity index (χ0n) is 12.5. The molecule has 1 aromatic carbocycles. The minimum atomic E-state index is -0.0687. The number of carbonyl (C=O) groups is 1. The van der Waals surface area contributed by atoms with E-state index >= 15 is 0 Å². The Balaban J connectivity index is 1.82. The van der Waals surface area contributed by atoms with Crippen LogP contribution in [0.3, 0.4) is 0 Å². The Bertz CT molecular complexity index is 668. The van der Waals surface area contributed by atoms with Gasteiger partial charge in [-0.05, 0) is 30.2 Å². The molecule has 0 bridgehead atoms.